The molecule has 0 aliphatic carbocycles. The largest absolute Gasteiger partial charge is 0.481 e. The minimum Gasteiger partial charge on any atom is -0.481 e. The van der Waals surface area contributed by atoms with Crippen molar-refractivity contribution in [1.29, 1.82) is 0 Å². The summed E-state index contributed by atoms with van der Waals surface area (Å²) in [6.45, 7) is 15.8. The average Bonchev–Trinajstić information content (AvgIpc) is 3.57. The Morgan fingerprint density at radius 2 is 1.00 bits per heavy atom. The van der Waals surface area contributed by atoms with Crippen LogP contribution in [0.3, 0.4) is 0 Å². The van der Waals surface area contributed by atoms with Gasteiger partial charge in [0, 0.05) is 35.0 Å². The molecule has 0 saturated carbocycles. The van der Waals surface area contributed by atoms with E-state index in [0.29, 0.717) is 14.9 Å². The van der Waals surface area contributed by atoms with Gasteiger partial charge in [0.15, 0.2) is 22.1 Å². The summed E-state index contributed by atoms with van der Waals surface area (Å²) in [6, 6.07) is 0. The van der Waals surface area contributed by atoms with Crippen LogP contribution in [0.4, 0.5) is 19.9 Å². The van der Waals surface area contributed by atoms with Crippen molar-refractivity contribution in [2.75, 3.05) is 30.5 Å². The topological polar surface area (TPSA) is 219 Å². The van der Waals surface area contributed by atoms with Gasteiger partial charge in [0.25, 0.3) is 0 Å². The molecule has 1 atom stereocenters. The molecule has 1 unspecified atom stereocenters. The monoisotopic (exact) mass is 716 g/mol. The fourth-order valence-electron chi connectivity index (χ4n) is 3.37. The highest BCUT2D eigenvalue weighted by Crippen LogP contribution is 2.24. The maximum Gasteiger partial charge on any atom is 0.413 e. The van der Waals surface area contributed by atoms with Crippen LogP contribution in [0.5, 0.6) is 0 Å². The minimum atomic E-state index is -1.30. The number of ether oxygens (including phenoxy) is 5. The average molecular weight is 717 g/mol. The molecule has 0 radical (unpaired) electrons. The van der Waals surface area contributed by atoms with Gasteiger partial charge in [-0.05, 0) is 62.3 Å². The number of carboxylic acid groups (broad SMARTS) is 1. The fraction of sp³-hybridized carbons (Fsp3) is 0.600. The maximum atomic E-state index is 12.0. The lowest BCUT2D eigenvalue weighted by atomic mass is 10.1. The lowest BCUT2D eigenvalue weighted by molar-refractivity contribution is -0.162. The number of nitrogens with one attached hydrogen (secondary N) is 2. The number of thiazole rings is 2. The van der Waals surface area contributed by atoms with E-state index in [1.54, 1.807) is 62.3 Å². The summed E-state index contributed by atoms with van der Waals surface area (Å²) in [4.78, 5) is 79.3. The summed E-state index contributed by atoms with van der Waals surface area (Å²) >= 11 is 2.22. The van der Waals surface area contributed by atoms with Crippen LogP contribution >= 0.6 is 22.7 Å². The first-order valence-electron chi connectivity index (χ1n) is 14.9. The van der Waals surface area contributed by atoms with Gasteiger partial charge in [0.2, 0.25) is 0 Å². The second-order valence-corrected chi connectivity index (χ2v) is 13.9. The lowest BCUT2D eigenvalue weighted by Crippen LogP contribution is -2.29. The number of aliphatic carboxylic acids is 1. The van der Waals surface area contributed by atoms with Crippen molar-refractivity contribution in [3.8, 4) is 0 Å². The van der Waals surface area contributed by atoms with E-state index < -0.39 is 59.1 Å². The molecule has 0 aliphatic rings. The third-order valence-corrected chi connectivity index (χ3v) is 7.02. The van der Waals surface area contributed by atoms with Crippen molar-refractivity contribution in [1.82, 2.24) is 9.97 Å². The van der Waals surface area contributed by atoms with Gasteiger partial charge in [0.1, 0.15) is 11.2 Å². The molecule has 0 fully saturated rings. The molecule has 48 heavy (non-hydrogen) atoms. The van der Waals surface area contributed by atoms with Gasteiger partial charge >= 0.3 is 36.1 Å². The van der Waals surface area contributed by atoms with E-state index in [1.807, 2.05) is 0 Å². The standard InChI is InChI=1S/C16H24N2O6S.C14H20N2O6S/c1-6-22-12(19)11(13(20)23-7-2)8-10-9-17-14(25-10)18-15(21)24-16(3,4)5;1-5-21-11(19)9(10(17)18)6-8-7-15-12(23-8)16-13(20)22-14(2,3)4/h9,11H,6-8H2,1-5H3,(H,17,18,21);7,9H,5-6H2,1-4H3,(H,17,18)(H,15,16,20). The van der Waals surface area contributed by atoms with E-state index >= 15 is 0 Å². The highest BCUT2D eigenvalue weighted by atomic mass is 32.1. The van der Waals surface area contributed by atoms with Gasteiger partial charge < -0.3 is 28.8 Å². The van der Waals surface area contributed by atoms with Crippen molar-refractivity contribution in [3.05, 3.63) is 22.1 Å². The molecular formula is C30H44N4O12S2. The number of carbonyl (C=O) groups excluding carboxylic acids is 5. The van der Waals surface area contributed by atoms with Crippen molar-refractivity contribution in [2.24, 2.45) is 11.8 Å². The van der Waals surface area contributed by atoms with Crippen molar-refractivity contribution in [2.45, 2.75) is 86.4 Å². The number of nitrogens with zero attached hydrogens (tertiary/aromatic N) is 2. The SMILES string of the molecule is CCOC(=O)C(Cc1cnc(NC(=O)OC(C)(C)C)s1)C(=O)O.CCOC(=O)C(Cc1cnc(NC(=O)OC(C)(C)C)s1)C(=O)OCC. The van der Waals surface area contributed by atoms with Gasteiger partial charge in [-0.3, -0.25) is 29.8 Å². The number of hydrogen-bond acceptors (Lipinski definition) is 15. The molecule has 0 spiro atoms. The van der Waals surface area contributed by atoms with Gasteiger partial charge in [-0.15, -0.1) is 22.7 Å². The molecule has 18 heteroatoms. The summed E-state index contributed by atoms with van der Waals surface area (Å²) in [5.74, 6) is -5.71. The molecule has 2 aromatic rings. The summed E-state index contributed by atoms with van der Waals surface area (Å²) in [5, 5.41) is 14.7. The molecule has 0 aliphatic heterocycles. The zero-order valence-electron chi connectivity index (χ0n) is 28.5. The number of amides is 2. The highest BCUT2D eigenvalue weighted by molar-refractivity contribution is 7.16. The Hall–Kier alpha value is -4.32. The predicted molar refractivity (Wildman–Crippen MR) is 176 cm³/mol. The maximum absolute atomic E-state index is 12.0. The van der Waals surface area contributed by atoms with Crippen LogP contribution < -0.4 is 10.6 Å². The van der Waals surface area contributed by atoms with E-state index in [0.717, 1.165) is 22.7 Å². The molecule has 0 saturated heterocycles. The van der Waals surface area contributed by atoms with E-state index in [1.165, 1.54) is 12.4 Å². The van der Waals surface area contributed by atoms with Crippen LogP contribution in [0, 0.1) is 11.8 Å². The molecule has 16 nitrogen and oxygen atoms in total. The van der Waals surface area contributed by atoms with Crippen LogP contribution in [0.15, 0.2) is 12.4 Å². The summed E-state index contributed by atoms with van der Waals surface area (Å²) in [5.41, 5.74) is -1.26. The summed E-state index contributed by atoms with van der Waals surface area (Å²) < 4.78 is 24.8. The molecule has 268 valence electrons. The molecular weight excluding hydrogens is 672 g/mol. The van der Waals surface area contributed by atoms with Gasteiger partial charge in [-0.1, -0.05) is 0 Å². The Bertz CT molecular complexity index is 1380. The zero-order valence-corrected chi connectivity index (χ0v) is 30.1. The molecule has 0 aromatic carbocycles. The van der Waals surface area contributed by atoms with E-state index in [2.05, 4.69) is 20.6 Å². The highest BCUT2D eigenvalue weighted by Gasteiger charge is 2.31. The Morgan fingerprint density at radius 3 is 1.31 bits per heavy atom. The third-order valence-electron chi connectivity index (χ3n) is 5.14. The van der Waals surface area contributed by atoms with Crippen molar-refractivity contribution in [3.63, 3.8) is 0 Å². The first-order chi connectivity index (χ1) is 22.3. The molecule has 2 aromatic heterocycles. The Morgan fingerprint density at radius 1 is 0.667 bits per heavy atom. The van der Waals surface area contributed by atoms with Gasteiger partial charge in [-0.2, -0.15) is 0 Å². The van der Waals surface area contributed by atoms with Crippen molar-refractivity contribution < 1.29 is 57.6 Å². The van der Waals surface area contributed by atoms with E-state index in [4.69, 9.17) is 28.8 Å². The van der Waals surface area contributed by atoms with E-state index in [9.17, 15) is 28.8 Å². The normalized spacial score (nSPS) is 11.7. The Kier molecular flexibility index (Phi) is 16.9. The zero-order chi connectivity index (χ0) is 36.7. The lowest BCUT2D eigenvalue weighted by Gasteiger charge is -2.18. The van der Waals surface area contributed by atoms with Crippen LogP contribution in [0.1, 0.15) is 72.1 Å². The number of anilines is 2. The second kappa shape index (κ2) is 19.5. The number of hydrogen-bond donors (Lipinski definition) is 3. The quantitative estimate of drug-likeness (QED) is 0.140. The second-order valence-electron chi connectivity index (χ2n) is 11.6. The minimum absolute atomic E-state index is 0.0537. The van der Waals surface area contributed by atoms with Crippen molar-refractivity contribution >= 4 is 69.0 Å². The predicted octanol–water partition coefficient (Wildman–Crippen LogP) is 5.07. The van der Waals surface area contributed by atoms with Crippen LogP contribution in [0.25, 0.3) is 0 Å². The fourth-order valence-corrected chi connectivity index (χ4v) is 5.05. The number of esters is 3. The van der Waals surface area contributed by atoms with Crippen LogP contribution in [-0.2, 0) is 55.7 Å². The summed E-state index contributed by atoms with van der Waals surface area (Å²) in [7, 11) is 0. The molecule has 2 amide bonds. The third kappa shape index (κ3) is 16.5. The summed E-state index contributed by atoms with van der Waals surface area (Å²) in [6.07, 6.45) is 1.65. The Labute approximate surface area is 286 Å². The molecule has 0 bridgehead atoms. The number of carboxylic acids is 1. The first kappa shape index (κ1) is 41.7. The Balaban J connectivity index is 0.000000482. The van der Waals surface area contributed by atoms with E-state index in [-0.39, 0.29) is 37.8 Å². The molecule has 3 N–H and O–H groups in total. The number of rotatable bonds is 13. The van der Waals surface area contributed by atoms with Crippen LogP contribution in [-0.4, -0.2) is 82.2 Å². The number of carbonyl (C=O) groups is 6. The van der Waals surface area contributed by atoms with Crippen LogP contribution in [0.2, 0.25) is 0 Å². The van der Waals surface area contributed by atoms with Gasteiger partial charge in [-0.25, -0.2) is 19.6 Å². The molecule has 2 heterocycles. The smallest absolute Gasteiger partial charge is 0.413 e. The van der Waals surface area contributed by atoms with Gasteiger partial charge in [0.05, 0.1) is 19.8 Å². The number of aromatic nitrogens is 2. The first-order valence-corrected chi connectivity index (χ1v) is 16.5. The molecule has 2 rings (SSSR count).